The van der Waals surface area contributed by atoms with Crippen molar-refractivity contribution in [2.45, 2.75) is 13.5 Å². The SMILES string of the molecule is CN=C(NCCNC(=O)c1scnc1C)NCc1ccccc1. The van der Waals surface area contributed by atoms with Crippen LogP contribution in [0.25, 0.3) is 0 Å². The minimum Gasteiger partial charge on any atom is -0.355 e. The van der Waals surface area contributed by atoms with Gasteiger partial charge in [0.15, 0.2) is 5.96 Å². The number of rotatable bonds is 6. The summed E-state index contributed by atoms with van der Waals surface area (Å²) >= 11 is 1.35. The van der Waals surface area contributed by atoms with Crippen LogP contribution in [-0.4, -0.2) is 37.0 Å². The maximum Gasteiger partial charge on any atom is 0.263 e. The van der Waals surface area contributed by atoms with E-state index in [0.717, 1.165) is 5.69 Å². The summed E-state index contributed by atoms with van der Waals surface area (Å²) in [5.41, 5.74) is 3.63. The number of aliphatic imine (C=N–C) groups is 1. The largest absolute Gasteiger partial charge is 0.355 e. The van der Waals surface area contributed by atoms with Gasteiger partial charge in [-0.1, -0.05) is 30.3 Å². The Morgan fingerprint density at radius 1 is 1.17 bits per heavy atom. The lowest BCUT2D eigenvalue weighted by molar-refractivity contribution is 0.0957. The first kappa shape index (κ1) is 17.0. The minimum absolute atomic E-state index is 0.0842. The van der Waals surface area contributed by atoms with E-state index in [9.17, 15) is 4.79 Å². The van der Waals surface area contributed by atoms with Crippen LogP contribution in [0.5, 0.6) is 0 Å². The fourth-order valence-corrected chi connectivity index (χ4v) is 2.68. The summed E-state index contributed by atoms with van der Waals surface area (Å²) in [6, 6.07) is 10.1. The van der Waals surface area contributed by atoms with Crippen LogP contribution in [0.3, 0.4) is 0 Å². The summed E-state index contributed by atoms with van der Waals surface area (Å²) in [5.74, 6) is 0.621. The number of hydrogen-bond donors (Lipinski definition) is 3. The predicted molar refractivity (Wildman–Crippen MR) is 93.8 cm³/mol. The first-order valence-corrected chi connectivity index (χ1v) is 8.25. The van der Waals surface area contributed by atoms with Crippen LogP contribution >= 0.6 is 11.3 Å². The molecule has 2 rings (SSSR count). The molecular formula is C16H21N5OS. The Morgan fingerprint density at radius 3 is 2.57 bits per heavy atom. The molecule has 23 heavy (non-hydrogen) atoms. The van der Waals surface area contributed by atoms with Gasteiger partial charge in [-0.15, -0.1) is 11.3 Å². The lowest BCUT2D eigenvalue weighted by Gasteiger charge is -2.12. The first-order valence-electron chi connectivity index (χ1n) is 7.37. The molecule has 0 saturated carbocycles. The second-order valence-corrected chi connectivity index (χ2v) is 5.72. The highest BCUT2D eigenvalue weighted by Gasteiger charge is 2.10. The Kier molecular flexibility index (Phi) is 6.56. The fourth-order valence-electron chi connectivity index (χ4n) is 1.96. The molecule has 0 aliphatic rings. The lowest BCUT2D eigenvalue weighted by Crippen LogP contribution is -2.41. The molecule has 1 aromatic heterocycles. The van der Waals surface area contributed by atoms with Gasteiger partial charge in [0.2, 0.25) is 0 Å². The third-order valence-corrected chi connectivity index (χ3v) is 4.11. The van der Waals surface area contributed by atoms with Crippen molar-refractivity contribution in [3.63, 3.8) is 0 Å². The molecular weight excluding hydrogens is 310 g/mol. The van der Waals surface area contributed by atoms with Crippen molar-refractivity contribution in [2.24, 2.45) is 4.99 Å². The lowest BCUT2D eigenvalue weighted by atomic mass is 10.2. The number of carbonyl (C=O) groups excluding carboxylic acids is 1. The van der Waals surface area contributed by atoms with Crippen LogP contribution in [-0.2, 0) is 6.54 Å². The quantitative estimate of drug-likeness (QED) is 0.426. The Balaban J connectivity index is 1.68. The molecule has 1 aromatic carbocycles. The third-order valence-electron chi connectivity index (χ3n) is 3.18. The molecule has 0 fully saturated rings. The minimum atomic E-state index is -0.0842. The van der Waals surface area contributed by atoms with Gasteiger partial charge in [0.25, 0.3) is 5.91 Å². The zero-order valence-electron chi connectivity index (χ0n) is 13.3. The maximum absolute atomic E-state index is 11.9. The van der Waals surface area contributed by atoms with Crippen molar-refractivity contribution in [2.75, 3.05) is 20.1 Å². The van der Waals surface area contributed by atoms with E-state index >= 15 is 0 Å². The number of benzene rings is 1. The summed E-state index contributed by atoms with van der Waals surface area (Å²) in [7, 11) is 1.72. The van der Waals surface area contributed by atoms with Crippen molar-refractivity contribution in [1.82, 2.24) is 20.9 Å². The van der Waals surface area contributed by atoms with Gasteiger partial charge in [0.1, 0.15) is 4.88 Å². The molecule has 0 saturated heterocycles. The van der Waals surface area contributed by atoms with Crippen LogP contribution in [0, 0.1) is 6.92 Å². The van der Waals surface area contributed by atoms with Gasteiger partial charge >= 0.3 is 0 Å². The van der Waals surface area contributed by atoms with Crippen molar-refractivity contribution in [3.05, 3.63) is 52.0 Å². The van der Waals surface area contributed by atoms with Crippen molar-refractivity contribution in [1.29, 1.82) is 0 Å². The topological polar surface area (TPSA) is 78.4 Å². The number of hydrogen-bond acceptors (Lipinski definition) is 4. The van der Waals surface area contributed by atoms with Gasteiger partial charge < -0.3 is 16.0 Å². The monoisotopic (exact) mass is 331 g/mol. The Bertz CT molecular complexity index is 654. The predicted octanol–water partition coefficient (Wildman–Crippen LogP) is 1.55. The van der Waals surface area contributed by atoms with Crippen LogP contribution in [0.2, 0.25) is 0 Å². The summed E-state index contributed by atoms with van der Waals surface area (Å²) in [6.45, 7) is 3.65. The second-order valence-electron chi connectivity index (χ2n) is 4.86. The number of aromatic nitrogens is 1. The molecule has 0 radical (unpaired) electrons. The van der Waals surface area contributed by atoms with E-state index in [-0.39, 0.29) is 5.91 Å². The summed E-state index contributed by atoms with van der Waals surface area (Å²) in [6.07, 6.45) is 0. The smallest absolute Gasteiger partial charge is 0.263 e. The molecule has 1 heterocycles. The second kappa shape index (κ2) is 8.89. The molecule has 0 bridgehead atoms. The summed E-state index contributed by atoms with van der Waals surface area (Å²) in [4.78, 5) is 20.8. The Hall–Kier alpha value is -2.41. The zero-order valence-corrected chi connectivity index (χ0v) is 14.1. The van der Waals surface area contributed by atoms with E-state index in [1.807, 2.05) is 25.1 Å². The number of amides is 1. The summed E-state index contributed by atoms with van der Waals surface area (Å²) < 4.78 is 0. The molecule has 7 heteroatoms. The Morgan fingerprint density at radius 2 is 1.91 bits per heavy atom. The first-order chi connectivity index (χ1) is 11.2. The van der Waals surface area contributed by atoms with E-state index < -0.39 is 0 Å². The van der Waals surface area contributed by atoms with Crippen molar-refractivity contribution >= 4 is 23.2 Å². The highest BCUT2D eigenvalue weighted by molar-refractivity contribution is 7.11. The number of nitrogens with one attached hydrogen (secondary N) is 3. The highest BCUT2D eigenvalue weighted by atomic mass is 32.1. The van der Waals surface area contributed by atoms with Crippen molar-refractivity contribution in [3.8, 4) is 0 Å². The van der Waals surface area contributed by atoms with Crippen molar-refractivity contribution < 1.29 is 4.79 Å². The standard InChI is InChI=1S/C16H21N5OS/c1-12-14(23-11-21-12)15(22)18-8-9-19-16(17-2)20-10-13-6-4-3-5-7-13/h3-7,11H,8-10H2,1-2H3,(H,18,22)(H2,17,19,20). The Labute approximate surface area is 140 Å². The van der Waals surface area contributed by atoms with Crippen LogP contribution in [0.15, 0.2) is 40.8 Å². The molecule has 3 N–H and O–H groups in total. The van der Waals surface area contributed by atoms with Gasteiger partial charge in [-0.3, -0.25) is 9.79 Å². The van der Waals surface area contributed by atoms with Gasteiger partial charge in [-0.05, 0) is 12.5 Å². The zero-order chi connectivity index (χ0) is 16.5. The average Bonchev–Trinajstić information content (AvgIpc) is 3.01. The molecule has 0 spiro atoms. The molecule has 0 unspecified atom stereocenters. The van der Waals surface area contributed by atoms with E-state index in [4.69, 9.17) is 0 Å². The third kappa shape index (κ3) is 5.37. The van der Waals surface area contributed by atoms with E-state index in [1.165, 1.54) is 16.9 Å². The van der Waals surface area contributed by atoms with E-state index in [1.54, 1.807) is 12.6 Å². The van der Waals surface area contributed by atoms with E-state index in [0.29, 0.717) is 30.5 Å². The van der Waals surface area contributed by atoms with Crippen LogP contribution < -0.4 is 16.0 Å². The normalized spacial score (nSPS) is 11.1. The van der Waals surface area contributed by atoms with Gasteiger partial charge in [-0.2, -0.15) is 0 Å². The molecule has 1 amide bonds. The average molecular weight is 331 g/mol. The van der Waals surface area contributed by atoms with Gasteiger partial charge in [-0.25, -0.2) is 4.98 Å². The number of thiazole rings is 1. The number of nitrogens with zero attached hydrogens (tertiary/aromatic N) is 2. The molecule has 2 aromatic rings. The molecule has 6 nitrogen and oxygen atoms in total. The maximum atomic E-state index is 11.9. The molecule has 0 aliphatic heterocycles. The van der Waals surface area contributed by atoms with E-state index in [2.05, 4.69) is 38.1 Å². The highest BCUT2D eigenvalue weighted by Crippen LogP contribution is 2.11. The number of aryl methyl sites for hydroxylation is 1. The molecule has 122 valence electrons. The van der Waals surface area contributed by atoms with Crippen LogP contribution in [0.1, 0.15) is 20.9 Å². The fraction of sp³-hybridized carbons (Fsp3) is 0.312. The number of guanidine groups is 1. The van der Waals surface area contributed by atoms with Crippen LogP contribution in [0.4, 0.5) is 0 Å². The molecule has 0 aliphatic carbocycles. The van der Waals surface area contributed by atoms with Gasteiger partial charge in [0.05, 0.1) is 11.2 Å². The molecule has 0 atom stereocenters. The number of carbonyl (C=O) groups is 1. The van der Waals surface area contributed by atoms with Gasteiger partial charge in [0, 0.05) is 26.7 Å². The summed E-state index contributed by atoms with van der Waals surface area (Å²) in [5, 5.41) is 9.26.